The molecule has 0 unspecified atom stereocenters. The van der Waals surface area contributed by atoms with Gasteiger partial charge in [-0.2, -0.15) is 0 Å². The Morgan fingerprint density at radius 2 is 1.41 bits per heavy atom. The van der Waals surface area contributed by atoms with Crippen LogP contribution in [0.25, 0.3) is 22.4 Å². The minimum atomic E-state index is -1.24. The summed E-state index contributed by atoms with van der Waals surface area (Å²) in [6, 6.07) is 13.4. The van der Waals surface area contributed by atoms with E-state index in [4.69, 9.17) is 9.47 Å². The summed E-state index contributed by atoms with van der Waals surface area (Å²) in [6.07, 6.45) is 0. The van der Waals surface area contributed by atoms with Crippen molar-refractivity contribution in [3.8, 4) is 11.5 Å². The van der Waals surface area contributed by atoms with E-state index in [-0.39, 0.29) is 10.9 Å². The van der Waals surface area contributed by atoms with Crippen LogP contribution in [0.2, 0.25) is 0 Å². The summed E-state index contributed by atoms with van der Waals surface area (Å²) in [5.41, 5.74) is -0.403. The standard InChI is InChI=1S/C22H19F3O2/c1-3-26-16-8-5-14(6-9-16)20(23)22(25)19-11-7-15-13-17(27-4-2)10-12-18(15)21(19)24/h5-13H,3-4H2,1-2H3. The predicted octanol–water partition coefficient (Wildman–Crippen LogP) is 6.54. The Hall–Kier alpha value is -2.95. The highest BCUT2D eigenvalue weighted by molar-refractivity contribution is 5.91. The van der Waals surface area contributed by atoms with Gasteiger partial charge in [0.15, 0.2) is 11.7 Å². The van der Waals surface area contributed by atoms with Gasteiger partial charge in [-0.15, -0.1) is 0 Å². The number of hydrogen-bond acceptors (Lipinski definition) is 2. The van der Waals surface area contributed by atoms with Crippen LogP contribution in [-0.2, 0) is 0 Å². The molecule has 3 aromatic carbocycles. The first kappa shape index (κ1) is 18.8. The molecular formula is C22H19F3O2. The first-order valence-corrected chi connectivity index (χ1v) is 8.69. The highest BCUT2D eigenvalue weighted by atomic mass is 19.2. The lowest BCUT2D eigenvalue weighted by atomic mass is 10.0. The summed E-state index contributed by atoms with van der Waals surface area (Å²) in [4.78, 5) is 0. The normalized spacial score (nSPS) is 12.0. The molecule has 3 aromatic rings. The second-order valence-corrected chi connectivity index (χ2v) is 5.83. The molecule has 0 atom stereocenters. The molecule has 0 aromatic heterocycles. The molecular weight excluding hydrogens is 353 g/mol. The average Bonchev–Trinajstić information content (AvgIpc) is 2.68. The maximum atomic E-state index is 14.8. The number of rotatable bonds is 6. The van der Waals surface area contributed by atoms with Crippen LogP contribution in [0.15, 0.2) is 54.6 Å². The van der Waals surface area contributed by atoms with Gasteiger partial charge in [0.05, 0.1) is 13.2 Å². The Balaban J connectivity index is 2.00. The highest BCUT2D eigenvalue weighted by Crippen LogP contribution is 2.34. The van der Waals surface area contributed by atoms with E-state index in [1.54, 1.807) is 18.2 Å². The van der Waals surface area contributed by atoms with Gasteiger partial charge in [0.2, 0.25) is 0 Å². The van der Waals surface area contributed by atoms with Crippen molar-refractivity contribution in [2.45, 2.75) is 13.8 Å². The molecule has 27 heavy (non-hydrogen) atoms. The minimum Gasteiger partial charge on any atom is -0.494 e. The van der Waals surface area contributed by atoms with Crippen molar-refractivity contribution in [3.63, 3.8) is 0 Å². The van der Waals surface area contributed by atoms with Gasteiger partial charge in [-0.3, -0.25) is 0 Å². The quantitative estimate of drug-likeness (QED) is 0.457. The summed E-state index contributed by atoms with van der Waals surface area (Å²) in [6.45, 7) is 4.63. The third kappa shape index (κ3) is 3.92. The van der Waals surface area contributed by atoms with Crippen LogP contribution in [0, 0.1) is 5.82 Å². The second-order valence-electron chi connectivity index (χ2n) is 5.83. The van der Waals surface area contributed by atoms with Crippen molar-refractivity contribution in [2.75, 3.05) is 13.2 Å². The van der Waals surface area contributed by atoms with E-state index < -0.39 is 23.0 Å². The molecule has 0 saturated heterocycles. The number of ether oxygens (including phenoxy) is 2. The van der Waals surface area contributed by atoms with Crippen LogP contribution >= 0.6 is 0 Å². The van der Waals surface area contributed by atoms with Gasteiger partial charge in [0.25, 0.3) is 0 Å². The second kappa shape index (κ2) is 8.16. The molecule has 0 aliphatic rings. The highest BCUT2D eigenvalue weighted by Gasteiger charge is 2.17. The largest absolute Gasteiger partial charge is 0.494 e. The third-order valence-corrected chi connectivity index (χ3v) is 4.08. The molecule has 5 heteroatoms. The third-order valence-electron chi connectivity index (χ3n) is 4.08. The summed E-state index contributed by atoms with van der Waals surface area (Å²) < 4.78 is 54.6. The Kier molecular flexibility index (Phi) is 5.69. The van der Waals surface area contributed by atoms with Crippen molar-refractivity contribution in [3.05, 3.63) is 71.5 Å². The molecule has 0 saturated carbocycles. The zero-order valence-corrected chi connectivity index (χ0v) is 15.1. The van der Waals surface area contributed by atoms with Crippen molar-refractivity contribution < 1.29 is 22.6 Å². The molecule has 0 aliphatic heterocycles. The van der Waals surface area contributed by atoms with Crippen LogP contribution in [0.3, 0.4) is 0 Å². The Morgan fingerprint density at radius 3 is 2.07 bits per heavy atom. The Morgan fingerprint density at radius 1 is 0.778 bits per heavy atom. The molecule has 0 amide bonds. The molecule has 0 N–H and O–H groups in total. The molecule has 0 heterocycles. The molecule has 140 valence electrons. The number of hydrogen-bond donors (Lipinski definition) is 0. The van der Waals surface area contributed by atoms with Crippen molar-refractivity contribution in [2.24, 2.45) is 0 Å². The number of fused-ring (bicyclic) bond motifs is 1. The topological polar surface area (TPSA) is 18.5 Å². The lowest BCUT2D eigenvalue weighted by Gasteiger charge is -2.09. The van der Waals surface area contributed by atoms with E-state index in [9.17, 15) is 13.2 Å². The first-order valence-electron chi connectivity index (χ1n) is 8.69. The van der Waals surface area contributed by atoms with Gasteiger partial charge in [0.1, 0.15) is 17.3 Å². The molecule has 0 radical (unpaired) electrons. The van der Waals surface area contributed by atoms with Gasteiger partial charge in [-0.05, 0) is 67.8 Å². The molecule has 2 nitrogen and oxygen atoms in total. The lowest BCUT2D eigenvalue weighted by Crippen LogP contribution is -1.94. The van der Waals surface area contributed by atoms with Crippen LogP contribution < -0.4 is 9.47 Å². The zero-order chi connectivity index (χ0) is 19.4. The predicted molar refractivity (Wildman–Crippen MR) is 102 cm³/mol. The molecule has 0 fully saturated rings. The van der Waals surface area contributed by atoms with E-state index in [0.717, 1.165) is 0 Å². The smallest absolute Gasteiger partial charge is 0.169 e. The fourth-order valence-corrected chi connectivity index (χ4v) is 2.81. The summed E-state index contributed by atoms with van der Waals surface area (Å²) in [5.74, 6) is -2.03. The van der Waals surface area contributed by atoms with Crippen LogP contribution in [0.5, 0.6) is 11.5 Å². The van der Waals surface area contributed by atoms with Gasteiger partial charge in [-0.25, -0.2) is 13.2 Å². The number of halogens is 3. The van der Waals surface area contributed by atoms with Crippen molar-refractivity contribution >= 4 is 22.4 Å². The van der Waals surface area contributed by atoms with E-state index >= 15 is 0 Å². The zero-order valence-electron chi connectivity index (χ0n) is 15.1. The lowest BCUT2D eigenvalue weighted by molar-refractivity contribution is 0.340. The van der Waals surface area contributed by atoms with E-state index in [0.29, 0.717) is 30.1 Å². The monoisotopic (exact) mass is 372 g/mol. The van der Waals surface area contributed by atoms with Crippen molar-refractivity contribution in [1.82, 2.24) is 0 Å². The SMILES string of the molecule is CCOc1ccc(C(F)=C(F)c2ccc3cc(OCC)ccc3c2F)cc1. The van der Waals surface area contributed by atoms with Crippen LogP contribution in [-0.4, -0.2) is 13.2 Å². The van der Waals surface area contributed by atoms with Gasteiger partial charge >= 0.3 is 0 Å². The maximum Gasteiger partial charge on any atom is 0.169 e. The summed E-state index contributed by atoms with van der Waals surface area (Å²) in [5, 5.41) is 0.752. The molecule has 0 spiro atoms. The van der Waals surface area contributed by atoms with Crippen molar-refractivity contribution in [1.29, 1.82) is 0 Å². The summed E-state index contributed by atoms with van der Waals surface area (Å²) >= 11 is 0. The molecule has 0 bridgehead atoms. The average molecular weight is 372 g/mol. The summed E-state index contributed by atoms with van der Waals surface area (Å²) in [7, 11) is 0. The number of benzene rings is 3. The van der Waals surface area contributed by atoms with Gasteiger partial charge < -0.3 is 9.47 Å². The Labute approximate surface area is 155 Å². The van der Waals surface area contributed by atoms with Gasteiger partial charge in [-0.1, -0.05) is 6.07 Å². The van der Waals surface area contributed by atoms with Gasteiger partial charge in [0, 0.05) is 16.5 Å². The first-order chi connectivity index (χ1) is 13.0. The molecule has 3 rings (SSSR count). The molecule has 0 aliphatic carbocycles. The van der Waals surface area contributed by atoms with E-state index in [2.05, 4.69) is 0 Å². The van der Waals surface area contributed by atoms with Crippen LogP contribution in [0.4, 0.5) is 13.2 Å². The van der Waals surface area contributed by atoms with E-state index in [1.165, 1.54) is 36.4 Å². The Bertz CT molecular complexity index is 979. The minimum absolute atomic E-state index is 0.0159. The van der Waals surface area contributed by atoms with E-state index in [1.807, 2.05) is 13.8 Å². The fourth-order valence-electron chi connectivity index (χ4n) is 2.81. The maximum absolute atomic E-state index is 14.8. The fraction of sp³-hybridized carbons (Fsp3) is 0.182. The van der Waals surface area contributed by atoms with Crippen LogP contribution in [0.1, 0.15) is 25.0 Å².